The Morgan fingerprint density at radius 1 is 1.06 bits per heavy atom. The molecule has 0 unspecified atom stereocenters. The molecule has 168 valence electrons. The molecule has 0 heterocycles. The molecule has 0 fully saturated rings. The summed E-state index contributed by atoms with van der Waals surface area (Å²) >= 11 is 0. The maximum Gasteiger partial charge on any atom is 0.338 e. The number of methoxy groups -OCH3 is 3. The van der Waals surface area contributed by atoms with Crippen molar-refractivity contribution in [2.75, 3.05) is 34.5 Å². The van der Waals surface area contributed by atoms with Gasteiger partial charge in [0.2, 0.25) is 10.0 Å². The molecule has 11 nitrogen and oxygen atoms in total. The highest BCUT2D eigenvalue weighted by Gasteiger charge is 2.22. The molecule has 0 aliphatic carbocycles. The molecule has 1 N–H and O–H groups in total. The van der Waals surface area contributed by atoms with E-state index in [1.54, 1.807) is 0 Å². The summed E-state index contributed by atoms with van der Waals surface area (Å²) in [6, 6.07) is 7.69. The fourth-order valence-corrected chi connectivity index (χ4v) is 3.79. The lowest BCUT2D eigenvalue weighted by Crippen LogP contribution is -2.27. The van der Waals surface area contributed by atoms with Crippen molar-refractivity contribution in [2.24, 2.45) is 0 Å². The van der Waals surface area contributed by atoms with Crippen molar-refractivity contribution in [3.05, 3.63) is 57.6 Å². The zero-order valence-corrected chi connectivity index (χ0v) is 17.9. The number of hydrogen-bond donors (Lipinski definition) is 1. The summed E-state index contributed by atoms with van der Waals surface area (Å²) in [5.41, 5.74) is 0.0526. The number of nitrogens with one attached hydrogen (secondary N) is 1. The molecular weight excluding hydrogens is 432 g/mol. The van der Waals surface area contributed by atoms with Gasteiger partial charge >= 0.3 is 5.97 Å². The van der Waals surface area contributed by atoms with Crippen LogP contribution in [0.4, 0.5) is 5.69 Å². The Labute approximate surface area is 179 Å². The normalized spacial score (nSPS) is 11.1. The highest BCUT2D eigenvalue weighted by Crippen LogP contribution is 2.27. The van der Waals surface area contributed by atoms with Gasteiger partial charge in [0.25, 0.3) is 5.69 Å². The largest absolute Gasteiger partial charge is 0.496 e. The van der Waals surface area contributed by atoms with Crippen LogP contribution in [0.5, 0.6) is 11.5 Å². The number of nitro groups is 1. The van der Waals surface area contributed by atoms with Crippen LogP contribution in [0.3, 0.4) is 0 Å². The van der Waals surface area contributed by atoms with Gasteiger partial charge in [-0.25, -0.2) is 17.9 Å². The van der Waals surface area contributed by atoms with Crippen molar-refractivity contribution < 1.29 is 37.1 Å². The lowest BCUT2D eigenvalue weighted by molar-refractivity contribution is -0.385. The van der Waals surface area contributed by atoms with Crippen LogP contribution in [0.25, 0.3) is 0 Å². The average Bonchev–Trinajstić information content (AvgIpc) is 2.76. The zero-order chi connectivity index (χ0) is 23.0. The third-order valence-electron chi connectivity index (χ3n) is 4.12. The van der Waals surface area contributed by atoms with Crippen molar-refractivity contribution >= 4 is 21.7 Å². The van der Waals surface area contributed by atoms with Gasteiger partial charge in [-0.15, -0.1) is 0 Å². The van der Waals surface area contributed by atoms with E-state index in [0.29, 0.717) is 5.75 Å². The lowest BCUT2D eigenvalue weighted by atomic mass is 10.2. The standard InChI is InChI=1S/C19H22N2O9S/c1-27-9-8-20-31(25,26)18-11-13(4-6-17(18)29-3)19(22)30-12-14-10-15(21(23)24)5-7-16(14)28-2/h4-7,10-11,20H,8-9,12H2,1-3H3. The molecular formula is C19H22N2O9S. The Bertz CT molecular complexity index is 1050. The topological polar surface area (TPSA) is 143 Å². The van der Waals surface area contributed by atoms with Crippen molar-refractivity contribution in [3.8, 4) is 11.5 Å². The third-order valence-corrected chi connectivity index (χ3v) is 5.60. The number of esters is 1. The van der Waals surface area contributed by atoms with Gasteiger partial charge in [0.05, 0.1) is 31.3 Å². The summed E-state index contributed by atoms with van der Waals surface area (Å²) in [6.45, 7) is -0.124. The van der Waals surface area contributed by atoms with Crippen molar-refractivity contribution in [2.45, 2.75) is 11.5 Å². The van der Waals surface area contributed by atoms with E-state index in [0.717, 1.165) is 6.07 Å². The van der Waals surface area contributed by atoms with Crippen LogP contribution < -0.4 is 14.2 Å². The first-order valence-corrected chi connectivity index (χ1v) is 10.4. The Morgan fingerprint density at radius 3 is 2.35 bits per heavy atom. The molecule has 0 saturated carbocycles. The van der Waals surface area contributed by atoms with Gasteiger partial charge in [-0.05, 0) is 24.3 Å². The molecule has 31 heavy (non-hydrogen) atoms. The summed E-state index contributed by atoms with van der Waals surface area (Å²) in [5.74, 6) is -0.481. The first-order valence-electron chi connectivity index (χ1n) is 8.88. The van der Waals surface area contributed by atoms with E-state index >= 15 is 0 Å². The average molecular weight is 454 g/mol. The maximum absolute atomic E-state index is 12.5. The monoisotopic (exact) mass is 454 g/mol. The third kappa shape index (κ3) is 6.13. The van der Waals surface area contributed by atoms with Crippen molar-refractivity contribution in [1.82, 2.24) is 4.72 Å². The molecule has 0 bridgehead atoms. The summed E-state index contributed by atoms with van der Waals surface area (Å²) in [7, 11) is 0.131. The minimum atomic E-state index is -3.98. The van der Waals surface area contributed by atoms with E-state index in [2.05, 4.69) is 4.72 Å². The molecule has 0 atom stereocenters. The van der Waals surface area contributed by atoms with Crippen LogP contribution in [-0.4, -0.2) is 53.8 Å². The Balaban J connectivity index is 2.25. The van der Waals surface area contributed by atoms with Gasteiger partial charge in [0.15, 0.2) is 0 Å². The number of nitrogens with zero attached hydrogens (tertiary/aromatic N) is 1. The highest BCUT2D eigenvalue weighted by molar-refractivity contribution is 7.89. The minimum Gasteiger partial charge on any atom is -0.496 e. The Morgan fingerprint density at radius 2 is 1.74 bits per heavy atom. The number of non-ortho nitro benzene ring substituents is 1. The van der Waals surface area contributed by atoms with E-state index in [1.165, 1.54) is 51.7 Å². The molecule has 0 spiro atoms. The fourth-order valence-electron chi connectivity index (χ4n) is 2.59. The van der Waals surface area contributed by atoms with Gasteiger partial charge in [0, 0.05) is 31.4 Å². The Kier molecular flexibility index (Phi) is 8.30. The first-order chi connectivity index (χ1) is 14.7. The summed E-state index contributed by atoms with van der Waals surface area (Å²) < 4.78 is 47.7. The maximum atomic E-state index is 12.5. The van der Waals surface area contributed by atoms with Crippen LogP contribution in [0.1, 0.15) is 15.9 Å². The number of ether oxygens (including phenoxy) is 4. The number of hydrogen-bond acceptors (Lipinski definition) is 9. The van der Waals surface area contributed by atoms with Crippen LogP contribution in [0.2, 0.25) is 0 Å². The van der Waals surface area contributed by atoms with E-state index in [-0.39, 0.29) is 47.2 Å². The van der Waals surface area contributed by atoms with Crippen LogP contribution >= 0.6 is 0 Å². The number of carbonyl (C=O) groups excluding carboxylic acids is 1. The van der Waals surface area contributed by atoms with E-state index in [4.69, 9.17) is 18.9 Å². The molecule has 0 aliphatic heterocycles. The highest BCUT2D eigenvalue weighted by atomic mass is 32.2. The van der Waals surface area contributed by atoms with Crippen LogP contribution in [0, 0.1) is 10.1 Å². The second-order valence-electron chi connectivity index (χ2n) is 6.09. The SMILES string of the molecule is COCCNS(=O)(=O)c1cc(C(=O)OCc2cc([N+](=O)[O-])ccc2OC)ccc1OC. The second kappa shape index (κ2) is 10.7. The molecule has 2 aromatic carbocycles. The molecule has 2 rings (SSSR count). The van der Waals surface area contributed by atoms with Crippen molar-refractivity contribution in [1.29, 1.82) is 0 Å². The number of nitro benzene ring substituents is 1. The molecule has 12 heteroatoms. The predicted molar refractivity (Wildman–Crippen MR) is 109 cm³/mol. The van der Waals surface area contributed by atoms with E-state index < -0.39 is 20.9 Å². The van der Waals surface area contributed by atoms with Crippen LogP contribution in [-0.2, 0) is 26.1 Å². The predicted octanol–water partition coefficient (Wildman–Crippen LogP) is 1.89. The lowest BCUT2D eigenvalue weighted by Gasteiger charge is -2.13. The molecule has 2 aromatic rings. The number of benzene rings is 2. The summed E-state index contributed by atoms with van der Waals surface area (Å²) in [6.07, 6.45) is 0. The van der Waals surface area contributed by atoms with Gasteiger partial charge in [-0.3, -0.25) is 10.1 Å². The fraction of sp³-hybridized carbons (Fsp3) is 0.316. The quantitative estimate of drug-likeness (QED) is 0.233. The Hall–Kier alpha value is -3.22. The number of rotatable bonds is 11. The van der Waals surface area contributed by atoms with Gasteiger partial charge in [-0.1, -0.05) is 0 Å². The first kappa shape index (κ1) is 24.1. The smallest absolute Gasteiger partial charge is 0.338 e. The minimum absolute atomic E-state index is 0.0310. The summed E-state index contributed by atoms with van der Waals surface area (Å²) in [4.78, 5) is 22.7. The molecule has 0 aliphatic rings. The zero-order valence-electron chi connectivity index (χ0n) is 17.1. The van der Waals surface area contributed by atoms with Crippen LogP contribution in [0.15, 0.2) is 41.3 Å². The summed E-state index contributed by atoms with van der Waals surface area (Å²) in [5, 5.41) is 11.0. The number of sulfonamides is 1. The van der Waals surface area contributed by atoms with E-state index in [1.807, 2.05) is 0 Å². The second-order valence-corrected chi connectivity index (χ2v) is 7.82. The van der Waals surface area contributed by atoms with E-state index in [9.17, 15) is 23.3 Å². The molecule has 0 amide bonds. The molecule has 0 aromatic heterocycles. The van der Waals surface area contributed by atoms with Crippen molar-refractivity contribution in [3.63, 3.8) is 0 Å². The number of carbonyl (C=O) groups is 1. The van der Waals surface area contributed by atoms with Gasteiger partial charge in [-0.2, -0.15) is 0 Å². The van der Waals surface area contributed by atoms with Gasteiger partial charge in [0.1, 0.15) is 23.0 Å². The van der Waals surface area contributed by atoms with Gasteiger partial charge < -0.3 is 18.9 Å². The molecule has 0 saturated heterocycles. The molecule has 0 radical (unpaired) electrons.